The minimum atomic E-state index is -1.78. The third-order valence-corrected chi connectivity index (χ3v) is 5.80. The fraction of sp³-hybridized carbons (Fsp3) is 0.286. The molecule has 0 spiro atoms. The van der Waals surface area contributed by atoms with Crippen LogP contribution in [0.25, 0.3) is 0 Å². The van der Waals surface area contributed by atoms with Crippen molar-refractivity contribution in [1.82, 2.24) is 15.5 Å². The molecule has 1 unspecified atom stereocenters. The second kappa shape index (κ2) is 9.25. The predicted octanol–water partition coefficient (Wildman–Crippen LogP) is 3.03. The van der Waals surface area contributed by atoms with Crippen molar-refractivity contribution in [2.24, 2.45) is 0 Å². The number of hydrogen-bond acceptors (Lipinski definition) is 4. The van der Waals surface area contributed by atoms with Gasteiger partial charge in [-0.05, 0) is 49.4 Å². The monoisotopic (exact) mass is 433 g/mol. The van der Waals surface area contributed by atoms with E-state index < -0.39 is 41.6 Å². The summed E-state index contributed by atoms with van der Waals surface area (Å²) in [6, 6.07) is 11.7. The summed E-state index contributed by atoms with van der Waals surface area (Å²) >= 11 is 1.66. The molecule has 0 saturated carbocycles. The molecule has 1 aliphatic rings. The Bertz CT molecular complexity index is 958. The molecule has 1 saturated heterocycles. The summed E-state index contributed by atoms with van der Waals surface area (Å²) in [6.07, 6.45) is 0.706. The molecule has 2 N–H and O–H groups in total. The molecule has 3 rings (SSSR count). The highest BCUT2D eigenvalue weighted by Crippen LogP contribution is 2.31. The summed E-state index contributed by atoms with van der Waals surface area (Å²) in [6.45, 7) is 1.17. The van der Waals surface area contributed by atoms with E-state index >= 15 is 0 Å². The van der Waals surface area contributed by atoms with E-state index in [0.717, 1.165) is 28.8 Å². The molecule has 1 aliphatic heterocycles. The highest BCUT2D eigenvalue weighted by molar-refractivity contribution is 7.99. The summed E-state index contributed by atoms with van der Waals surface area (Å²) in [4.78, 5) is 39.0. The fourth-order valence-corrected chi connectivity index (χ4v) is 3.98. The number of halogens is 2. The summed E-state index contributed by atoms with van der Waals surface area (Å²) in [5, 5.41) is 5.03. The van der Waals surface area contributed by atoms with Gasteiger partial charge in [-0.15, -0.1) is 11.8 Å². The van der Waals surface area contributed by atoms with E-state index in [4.69, 9.17) is 0 Å². The van der Waals surface area contributed by atoms with E-state index in [1.54, 1.807) is 11.8 Å². The number of carbonyl (C=O) groups is 3. The molecule has 6 nitrogen and oxygen atoms in total. The summed E-state index contributed by atoms with van der Waals surface area (Å²) in [5.41, 5.74) is -2.07. The van der Waals surface area contributed by atoms with Gasteiger partial charge < -0.3 is 10.6 Å². The van der Waals surface area contributed by atoms with Crippen molar-refractivity contribution in [3.63, 3.8) is 0 Å². The second-order valence-corrected chi connectivity index (χ2v) is 8.10. The Kier molecular flexibility index (Phi) is 6.71. The first-order chi connectivity index (χ1) is 14.3. The topological polar surface area (TPSA) is 78.5 Å². The van der Waals surface area contributed by atoms with Crippen molar-refractivity contribution < 1.29 is 23.2 Å². The Morgan fingerprint density at radius 1 is 1.17 bits per heavy atom. The van der Waals surface area contributed by atoms with E-state index in [0.29, 0.717) is 17.9 Å². The van der Waals surface area contributed by atoms with Crippen molar-refractivity contribution in [1.29, 1.82) is 0 Å². The average Bonchev–Trinajstić information content (AvgIpc) is 2.94. The van der Waals surface area contributed by atoms with E-state index in [9.17, 15) is 23.2 Å². The zero-order valence-corrected chi connectivity index (χ0v) is 17.1. The maximum Gasteiger partial charge on any atom is 0.325 e. The lowest BCUT2D eigenvalue weighted by molar-refractivity contribution is -0.134. The number of benzene rings is 2. The number of rotatable bonds is 8. The van der Waals surface area contributed by atoms with Gasteiger partial charge in [0, 0.05) is 17.0 Å². The first-order valence-electron chi connectivity index (χ1n) is 9.35. The molecule has 1 heterocycles. The molecule has 158 valence electrons. The molecule has 9 heteroatoms. The molecular formula is C21H21F2N3O3S. The number of imide groups is 1. The van der Waals surface area contributed by atoms with Gasteiger partial charge in [0.2, 0.25) is 5.91 Å². The summed E-state index contributed by atoms with van der Waals surface area (Å²) in [7, 11) is 0. The van der Waals surface area contributed by atoms with Gasteiger partial charge in [0.15, 0.2) is 0 Å². The van der Waals surface area contributed by atoms with Gasteiger partial charge in [-0.25, -0.2) is 13.6 Å². The van der Waals surface area contributed by atoms with Gasteiger partial charge >= 0.3 is 6.03 Å². The van der Waals surface area contributed by atoms with Crippen molar-refractivity contribution >= 4 is 29.6 Å². The highest BCUT2D eigenvalue weighted by Gasteiger charge is 2.50. The molecule has 0 bridgehead atoms. The van der Waals surface area contributed by atoms with Gasteiger partial charge in [-0.2, -0.15) is 0 Å². The van der Waals surface area contributed by atoms with Crippen LogP contribution in [-0.2, 0) is 15.1 Å². The first kappa shape index (κ1) is 21.8. The minimum Gasteiger partial charge on any atom is -0.355 e. The van der Waals surface area contributed by atoms with E-state index in [2.05, 4.69) is 10.6 Å². The molecule has 2 aromatic carbocycles. The molecule has 1 fully saturated rings. The van der Waals surface area contributed by atoms with Crippen LogP contribution in [0, 0.1) is 11.6 Å². The first-order valence-corrected chi connectivity index (χ1v) is 10.3. The van der Waals surface area contributed by atoms with Gasteiger partial charge in [-0.1, -0.05) is 18.2 Å². The summed E-state index contributed by atoms with van der Waals surface area (Å²) < 4.78 is 27.7. The third kappa shape index (κ3) is 4.79. The average molecular weight is 433 g/mol. The predicted molar refractivity (Wildman–Crippen MR) is 109 cm³/mol. The highest BCUT2D eigenvalue weighted by atomic mass is 32.2. The van der Waals surface area contributed by atoms with Crippen LogP contribution in [0.1, 0.15) is 18.9 Å². The Morgan fingerprint density at radius 2 is 1.90 bits per heavy atom. The lowest BCUT2D eigenvalue weighted by Gasteiger charge is -2.22. The lowest BCUT2D eigenvalue weighted by Crippen LogP contribution is -2.43. The second-order valence-electron chi connectivity index (χ2n) is 6.94. The number of nitrogens with one attached hydrogen (secondary N) is 2. The number of hydrogen-bond donors (Lipinski definition) is 2. The van der Waals surface area contributed by atoms with Gasteiger partial charge in [0.05, 0.1) is 0 Å². The number of urea groups is 1. The third-order valence-electron chi connectivity index (χ3n) is 4.70. The zero-order chi connectivity index (χ0) is 21.7. The van der Waals surface area contributed by atoms with Crippen LogP contribution in [0.4, 0.5) is 13.6 Å². The van der Waals surface area contributed by atoms with Gasteiger partial charge in [-0.3, -0.25) is 14.5 Å². The zero-order valence-electron chi connectivity index (χ0n) is 16.3. The van der Waals surface area contributed by atoms with Crippen LogP contribution in [0.5, 0.6) is 0 Å². The lowest BCUT2D eigenvalue weighted by atomic mass is 9.91. The molecular weight excluding hydrogens is 412 g/mol. The summed E-state index contributed by atoms with van der Waals surface area (Å²) in [5.74, 6) is -2.09. The van der Waals surface area contributed by atoms with E-state index in [-0.39, 0.29) is 5.56 Å². The van der Waals surface area contributed by atoms with Crippen molar-refractivity contribution in [3.05, 3.63) is 65.7 Å². The van der Waals surface area contributed by atoms with Crippen molar-refractivity contribution in [2.75, 3.05) is 18.8 Å². The molecule has 0 aromatic heterocycles. The normalized spacial score (nSPS) is 18.4. The van der Waals surface area contributed by atoms with Crippen LogP contribution in [-0.4, -0.2) is 41.6 Å². The molecule has 4 amide bonds. The van der Waals surface area contributed by atoms with Crippen LogP contribution in [0.3, 0.4) is 0 Å². The van der Waals surface area contributed by atoms with Crippen LogP contribution in [0.15, 0.2) is 53.4 Å². The largest absolute Gasteiger partial charge is 0.355 e. The smallest absolute Gasteiger partial charge is 0.325 e. The van der Waals surface area contributed by atoms with Crippen LogP contribution in [0.2, 0.25) is 0 Å². The number of thioether (sulfide) groups is 1. The SMILES string of the molecule is CC1(c2cc(F)ccc2F)NC(=O)N(CC(=O)NCCCSc2ccccc2)C1=O. The molecule has 30 heavy (non-hydrogen) atoms. The fourth-order valence-electron chi connectivity index (χ4n) is 3.11. The van der Waals surface area contributed by atoms with E-state index in [1.165, 1.54) is 6.92 Å². The quantitative estimate of drug-likeness (QED) is 0.381. The number of nitrogens with zero attached hydrogens (tertiary/aromatic N) is 1. The number of amides is 4. The number of carbonyl (C=O) groups excluding carboxylic acids is 3. The van der Waals surface area contributed by atoms with Crippen molar-refractivity contribution in [2.45, 2.75) is 23.8 Å². The Morgan fingerprint density at radius 3 is 2.63 bits per heavy atom. The molecule has 1 atom stereocenters. The van der Waals surface area contributed by atoms with Crippen molar-refractivity contribution in [3.8, 4) is 0 Å². The minimum absolute atomic E-state index is 0.290. The maximum atomic E-state index is 14.1. The molecule has 0 radical (unpaired) electrons. The van der Waals surface area contributed by atoms with Gasteiger partial charge in [0.25, 0.3) is 5.91 Å². The Hall–Kier alpha value is -2.94. The Balaban J connectivity index is 1.52. The Labute approximate surface area is 177 Å². The standard InChI is InChI=1S/C21H21F2N3O3S/c1-21(16-12-14(22)8-9-17(16)23)19(28)26(20(29)25-21)13-18(27)24-10-5-11-30-15-6-3-2-4-7-15/h2-4,6-9,12H,5,10-11,13H2,1H3,(H,24,27)(H,25,29). The van der Waals surface area contributed by atoms with Crippen LogP contribution < -0.4 is 10.6 Å². The van der Waals surface area contributed by atoms with Crippen LogP contribution >= 0.6 is 11.8 Å². The van der Waals surface area contributed by atoms with Gasteiger partial charge in [0.1, 0.15) is 23.7 Å². The van der Waals surface area contributed by atoms with E-state index in [1.807, 2.05) is 30.3 Å². The molecule has 2 aromatic rings. The molecule has 0 aliphatic carbocycles. The maximum absolute atomic E-state index is 14.1.